The van der Waals surface area contributed by atoms with Gasteiger partial charge in [-0.15, -0.1) is 0 Å². The number of hydrogen-bond acceptors (Lipinski definition) is 3. The smallest absolute Gasteiger partial charge is 0.241 e. The molecule has 0 heterocycles. The predicted molar refractivity (Wildman–Crippen MR) is 67.9 cm³/mol. The molecule has 0 aromatic heterocycles. The third-order valence-corrected chi connectivity index (χ3v) is 4.17. The maximum atomic E-state index is 12.1. The topological polar surface area (TPSA) is 55.4 Å². The molecule has 0 fully saturated rings. The van der Waals surface area contributed by atoms with Gasteiger partial charge in [0, 0.05) is 6.04 Å². The zero-order chi connectivity index (χ0) is 13.2. The molecule has 0 bridgehead atoms. The normalized spacial score (nSPS) is 11.9. The third-order valence-electron chi connectivity index (χ3n) is 2.37. The van der Waals surface area contributed by atoms with Crippen molar-refractivity contribution < 1.29 is 13.2 Å². The summed E-state index contributed by atoms with van der Waals surface area (Å²) in [5, 5.41) is 0. The molecule has 0 amide bonds. The minimum Gasteiger partial charge on any atom is -0.496 e. The summed E-state index contributed by atoms with van der Waals surface area (Å²) >= 11 is 0. The summed E-state index contributed by atoms with van der Waals surface area (Å²) in [7, 11) is -1.87. The first-order valence-corrected chi connectivity index (χ1v) is 6.94. The van der Waals surface area contributed by atoms with Gasteiger partial charge in [0.1, 0.15) is 5.75 Å². The highest BCUT2D eigenvalue weighted by Crippen LogP contribution is 2.25. The van der Waals surface area contributed by atoms with Gasteiger partial charge in [-0.05, 0) is 51.0 Å². The molecular weight excluding hydrogens is 238 g/mol. The van der Waals surface area contributed by atoms with Gasteiger partial charge in [-0.1, -0.05) is 0 Å². The van der Waals surface area contributed by atoms with Crippen molar-refractivity contribution in [3.05, 3.63) is 23.3 Å². The number of ether oxygens (including phenoxy) is 1. The van der Waals surface area contributed by atoms with Crippen LogP contribution in [0.5, 0.6) is 5.75 Å². The lowest BCUT2D eigenvalue weighted by Crippen LogP contribution is -2.30. The minimum atomic E-state index is -3.44. The minimum absolute atomic E-state index is 0.123. The second-order valence-corrected chi connectivity index (χ2v) is 6.05. The van der Waals surface area contributed by atoms with Crippen LogP contribution in [0.3, 0.4) is 0 Å². The standard InChI is InChI=1S/C12H19NO3S/c1-8(2)13-17(14,15)12-7-9(3)11(16-5)6-10(12)4/h6-8,13H,1-5H3. The van der Waals surface area contributed by atoms with Gasteiger partial charge in [0.05, 0.1) is 12.0 Å². The van der Waals surface area contributed by atoms with Crippen LogP contribution in [0.2, 0.25) is 0 Å². The molecule has 1 aromatic rings. The Bertz CT molecular complexity index is 507. The lowest BCUT2D eigenvalue weighted by atomic mass is 10.1. The highest BCUT2D eigenvalue weighted by molar-refractivity contribution is 7.89. The van der Waals surface area contributed by atoms with Crippen LogP contribution in [0.1, 0.15) is 25.0 Å². The maximum absolute atomic E-state index is 12.1. The van der Waals surface area contributed by atoms with E-state index in [0.717, 1.165) is 5.56 Å². The van der Waals surface area contributed by atoms with E-state index in [1.807, 2.05) is 6.92 Å². The van der Waals surface area contributed by atoms with Crippen LogP contribution in [-0.2, 0) is 10.0 Å². The molecule has 0 aliphatic rings. The molecule has 0 saturated carbocycles. The molecular formula is C12H19NO3S. The molecule has 96 valence electrons. The highest BCUT2D eigenvalue weighted by atomic mass is 32.2. The zero-order valence-electron chi connectivity index (χ0n) is 10.9. The van der Waals surface area contributed by atoms with Crippen molar-refractivity contribution in [2.45, 2.75) is 38.6 Å². The number of hydrogen-bond donors (Lipinski definition) is 1. The molecule has 0 spiro atoms. The Hall–Kier alpha value is -1.07. The zero-order valence-corrected chi connectivity index (χ0v) is 11.7. The van der Waals surface area contributed by atoms with Gasteiger partial charge >= 0.3 is 0 Å². The lowest BCUT2D eigenvalue weighted by Gasteiger charge is -2.14. The van der Waals surface area contributed by atoms with Gasteiger partial charge in [-0.25, -0.2) is 13.1 Å². The Labute approximate surface area is 103 Å². The number of methoxy groups -OCH3 is 1. The van der Waals surface area contributed by atoms with Crippen LogP contribution in [0.15, 0.2) is 17.0 Å². The van der Waals surface area contributed by atoms with Crippen LogP contribution in [-0.4, -0.2) is 21.6 Å². The summed E-state index contributed by atoms with van der Waals surface area (Å²) in [6.45, 7) is 7.18. The number of sulfonamides is 1. The van der Waals surface area contributed by atoms with Crippen LogP contribution in [0, 0.1) is 13.8 Å². The van der Waals surface area contributed by atoms with E-state index in [1.54, 1.807) is 40.0 Å². The first-order chi connectivity index (χ1) is 7.77. The van der Waals surface area contributed by atoms with Gasteiger partial charge in [0.15, 0.2) is 0 Å². The second kappa shape index (κ2) is 5.06. The average molecular weight is 257 g/mol. The van der Waals surface area contributed by atoms with Crippen LogP contribution in [0.25, 0.3) is 0 Å². The van der Waals surface area contributed by atoms with E-state index in [0.29, 0.717) is 16.2 Å². The van der Waals surface area contributed by atoms with Crippen molar-refractivity contribution >= 4 is 10.0 Å². The van der Waals surface area contributed by atoms with E-state index in [4.69, 9.17) is 4.74 Å². The fraction of sp³-hybridized carbons (Fsp3) is 0.500. The Morgan fingerprint density at radius 1 is 1.18 bits per heavy atom. The van der Waals surface area contributed by atoms with E-state index >= 15 is 0 Å². The monoisotopic (exact) mass is 257 g/mol. The summed E-state index contributed by atoms with van der Waals surface area (Å²) in [6.07, 6.45) is 0. The van der Waals surface area contributed by atoms with Gasteiger partial charge < -0.3 is 4.74 Å². The SMILES string of the molecule is COc1cc(C)c(S(=O)(=O)NC(C)C)cc1C. The molecule has 0 radical (unpaired) electrons. The Balaban J connectivity index is 3.28. The predicted octanol–water partition coefficient (Wildman–Crippen LogP) is 2.00. The first kappa shape index (κ1) is 14.0. The van der Waals surface area contributed by atoms with Gasteiger partial charge in [-0.3, -0.25) is 0 Å². The molecule has 5 heteroatoms. The second-order valence-electron chi connectivity index (χ2n) is 4.36. The van der Waals surface area contributed by atoms with E-state index in [2.05, 4.69) is 4.72 Å². The maximum Gasteiger partial charge on any atom is 0.241 e. The van der Waals surface area contributed by atoms with E-state index in [1.165, 1.54) is 0 Å². The Morgan fingerprint density at radius 3 is 2.24 bits per heavy atom. The van der Waals surface area contributed by atoms with Crippen molar-refractivity contribution in [3.8, 4) is 5.75 Å². The Kier molecular flexibility index (Phi) is 4.16. The molecule has 0 unspecified atom stereocenters. The molecule has 1 N–H and O–H groups in total. The molecule has 0 atom stereocenters. The van der Waals surface area contributed by atoms with Gasteiger partial charge in [-0.2, -0.15) is 0 Å². The van der Waals surface area contributed by atoms with Crippen molar-refractivity contribution in [3.63, 3.8) is 0 Å². The third kappa shape index (κ3) is 3.20. The van der Waals surface area contributed by atoms with Crippen molar-refractivity contribution in [2.24, 2.45) is 0 Å². The van der Waals surface area contributed by atoms with E-state index in [9.17, 15) is 8.42 Å². The van der Waals surface area contributed by atoms with E-state index in [-0.39, 0.29) is 6.04 Å². The van der Waals surface area contributed by atoms with E-state index < -0.39 is 10.0 Å². The van der Waals surface area contributed by atoms with Crippen LogP contribution >= 0.6 is 0 Å². The molecule has 1 rings (SSSR count). The number of benzene rings is 1. The largest absolute Gasteiger partial charge is 0.496 e. The van der Waals surface area contributed by atoms with Crippen LogP contribution < -0.4 is 9.46 Å². The molecule has 4 nitrogen and oxygen atoms in total. The fourth-order valence-electron chi connectivity index (χ4n) is 1.65. The molecule has 0 aliphatic carbocycles. The summed E-state index contributed by atoms with van der Waals surface area (Å²) in [4.78, 5) is 0.310. The first-order valence-electron chi connectivity index (χ1n) is 5.45. The molecule has 0 saturated heterocycles. The van der Waals surface area contributed by atoms with Crippen LogP contribution in [0.4, 0.5) is 0 Å². The molecule has 17 heavy (non-hydrogen) atoms. The highest BCUT2D eigenvalue weighted by Gasteiger charge is 2.19. The quantitative estimate of drug-likeness (QED) is 0.897. The van der Waals surface area contributed by atoms with Gasteiger partial charge in [0.2, 0.25) is 10.0 Å². The number of nitrogens with one attached hydrogen (secondary N) is 1. The summed E-state index contributed by atoms with van der Waals surface area (Å²) < 4.78 is 31.9. The molecule has 1 aromatic carbocycles. The number of aryl methyl sites for hydroxylation is 2. The summed E-state index contributed by atoms with van der Waals surface area (Å²) in [6, 6.07) is 3.25. The lowest BCUT2D eigenvalue weighted by molar-refractivity contribution is 0.411. The number of rotatable bonds is 4. The van der Waals surface area contributed by atoms with Crippen molar-refractivity contribution in [1.29, 1.82) is 0 Å². The van der Waals surface area contributed by atoms with Gasteiger partial charge in [0.25, 0.3) is 0 Å². The fourth-order valence-corrected chi connectivity index (χ4v) is 3.21. The average Bonchev–Trinajstić information content (AvgIpc) is 2.18. The summed E-state index contributed by atoms with van der Waals surface area (Å²) in [5.74, 6) is 0.700. The van der Waals surface area contributed by atoms with Crippen molar-refractivity contribution in [2.75, 3.05) is 7.11 Å². The Morgan fingerprint density at radius 2 is 1.76 bits per heavy atom. The van der Waals surface area contributed by atoms with Crippen molar-refractivity contribution in [1.82, 2.24) is 4.72 Å². The summed E-state index contributed by atoms with van der Waals surface area (Å²) in [5.41, 5.74) is 1.49. The molecule has 0 aliphatic heterocycles.